The maximum atomic E-state index is 6.45. The van der Waals surface area contributed by atoms with Crippen molar-refractivity contribution < 1.29 is 0 Å². The van der Waals surface area contributed by atoms with Crippen LogP contribution < -0.4 is 4.90 Å². The lowest BCUT2D eigenvalue weighted by atomic mass is 10.1. The van der Waals surface area contributed by atoms with Crippen LogP contribution in [0.25, 0.3) is 16.6 Å². The minimum Gasteiger partial charge on any atom is -0.354 e. The number of imidazole rings is 1. The fourth-order valence-corrected chi connectivity index (χ4v) is 3.38. The molecular formula is C17H17Cl2N5. The first-order chi connectivity index (χ1) is 11.6. The Balaban J connectivity index is 1.90. The van der Waals surface area contributed by atoms with Crippen LogP contribution in [0.4, 0.5) is 5.82 Å². The number of piperazine rings is 1. The van der Waals surface area contributed by atoms with Crippen LogP contribution in [0.2, 0.25) is 10.0 Å². The number of hydrogen-bond donors (Lipinski definition) is 0. The zero-order valence-electron chi connectivity index (χ0n) is 13.3. The Morgan fingerprint density at radius 2 is 1.88 bits per heavy atom. The maximum Gasteiger partial charge on any atom is 0.131 e. The van der Waals surface area contributed by atoms with Gasteiger partial charge >= 0.3 is 0 Å². The fraction of sp³-hybridized carbons (Fsp3) is 0.294. The summed E-state index contributed by atoms with van der Waals surface area (Å²) in [5.41, 5.74) is 1.73. The Hall–Kier alpha value is -1.82. The molecule has 5 nitrogen and oxygen atoms in total. The Morgan fingerprint density at radius 1 is 1.08 bits per heavy atom. The Labute approximate surface area is 150 Å². The molecular weight excluding hydrogens is 345 g/mol. The summed E-state index contributed by atoms with van der Waals surface area (Å²) in [6.07, 6.45) is 5.47. The molecule has 0 N–H and O–H groups in total. The molecule has 0 atom stereocenters. The van der Waals surface area contributed by atoms with Gasteiger partial charge in [-0.15, -0.1) is 0 Å². The third kappa shape index (κ3) is 2.73. The summed E-state index contributed by atoms with van der Waals surface area (Å²) in [6.45, 7) is 3.92. The molecule has 0 unspecified atom stereocenters. The number of halogens is 2. The predicted molar refractivity (Wildman–Crippen MR) is 98.6 cm³/mol. The van der Waals surface area contributed by atoms with Gasteiger partial charge in [0.25, 0.3) is 0 Å². The normalized spacial score (nSPS) is 16.0. The number of hydrogen-bond acceptors (Lipinski definition) is 4. The molecule has 3 heterocycles. The van der Waals surface area contributed by atoms with E-state index in [-0.39, 0.29) is 0 Å². The second kappa shape index (κ2) is 6.24. The SMILES string of the molecule is CN1CCN(c2cc(-n3ccnc3)c3ccc(Cl)c(Cl)c3n2)CC1. The number of likely N-dealkylation sites (N-methyl/N-ethyl adjacent to an activating group) is 1. The zero-order valence-corrected chi connectivity index (χ0v) is 14.8. The molecule has 1 aliphatic rings. The molecule has 1 saturated heterocycles. The number of benzene rings is 1. The molecule has 0 aliphatic carbocycles. The molecule has 0 saturated carbocycles. The highest BCUT2D eigenvalue weighted by atomic mass is 35.5. The first kappa shape index (κ1) is 15.7. The Morgan fingerprint density at radius 3 is 2.58 bits per heavy atom. The molecule has 3 aromatic rings. The van der Waals surface area contributed by atoms with Crippen molar-refractivity contribution >= 4 is 39.9 Å². The summed E-state index contributed by atoms with van der Waals surface area (Å²) in [5, 5.41) is 1.97. The van der Waals surface area contributed by atoms with Crippen LogP contribution in [0, 0.1) is 0 Å². The van der Waals surface area contributed by atoms with Gasteiger partial charge in [-0.2, -0.15) is 0 Å². The van der Waals surface area contributed by atoms with E-state index in [4.69, 9.17) is 28.2 Å². The maximum absolute atomic E-state index is 6.45. The summed E-state index contributed by atoms with van der Waals surface area (Å²) < 4.78 is 1.98. The zero-order chi connectivity index (χ0) is 16.7. The number of rotatable bonds is 2. The number of nitrogens with zero attached hydrogens (tertiary/aromatic N) is 5. The standard InChI is InChI=1S/C17H17Cl2N5/c1-22-6-8-23(9-7-22)15-10-14(24-5-4-20-11-24)12-2-3-13(18)16(19)17(12)21-15/h2-5,10-11H,6-9H2,1H3. The number of anilines is 1. The molecule has 1 aromatic carbocycles. The average molecular weight is 362 g/mol. The highest BCUT2D eigenvalue weighted by molar-refractivity contribution is 6.45. The van der Waals surface area contributed by atoms with Gasteiger partial charge < -0.3 is 14.4 Å². The summed E-state index contributed by atoms with van der Waals surface area (Å²) in [4.78, 5) is 13.6. The van der Waals surface area contributed by atoms with Gasteiger partial charge in [0.1, 0.15) is 5.82 Å². The first-order valence-electron chi connectivity index (χ1n) is 7.84. The highest BCUT2D eigenvalue weighted by Gasteiger charge is 2.19. The lowest BCUT2D eigenvalue weighted by molar-refractivity contribution is 0.312. The van der Waals surface area contributed by atoms with Crippen molar-refractivity contribution in [3.05, 3.63) is 47.0 Å². The molecule has 124 valence electrons. The molecule has 24 heavy (non-hydrogen) atoms. The summed E-state index contributed by atoms with van der Waals surface area (Å²) in [5.74, 6) is 0.920. The number of aromatic nitrogens is 3. The second-order valence-electron chi connectivity index (χ2n) is 6.02. The quantitative estimate of drug-likeness (QED) is 0.700. The van der Waals surface area contributed by atoms with Gasteiger partial charge in [0.05, 0.1) is 27.6 Å². The van der Waals surface area contributed by atoms with E-state index in [0.717, 1.165) is 48.6 Å². The third-order valence-electron chi connectivity index (χ3n) is 4.45. The lowest BCUT2D eigenvalue weighted by Crippen LogP contribution is -2.44. The van der Waals surface area contributed by atoms with Gasteiger partial charge in [-0.25, -0.2) is 9.97 Å². The van der Waals surface area contributed by atoms with Crippen LogP contribution in [0.15, 0.2) is 36.9 Å². The fourth-order valence-electron chi connectivity index (χ4n) is 3.02. The molecule has 7 heteroatoms. The van der Waals surface area contributed by atoms with E-state index < -0.39 is 0 Å². The second-order valence-corrected chi connectivity index (χ2v) is 6.80. The van der Waals surface area contributed by atoms with E-state index in [9.17, 15) is 0 Å². The van der Waals surface area contributed by atoms with Crippen LogP contribution in [0.3, 0.4) is 0 Å². The van der Waals surface area contributed by atoms with E-state index in [1.54, 1.807) is 12.5 Å². The summed E-state index contributed by atoms with van der Waals surface area (Å²) >= 11 is 12.7. The molecule has 0 amide bonds. The smallest absolute Gasteiger partial charge is 0.131 e. The predicted octanol–water partition coefficient (Wildman–Crippen LogP) is 3.48. The Kier molecular flexibility index (Phi) is 4.08. The van der Waals surface area contributed by atoms with Gasteiger partial charge in [-0.1, -0.05) is 23.2 Å². The van der Waals surface area contributed by atoms with Crippen LogP contribution in [-0.2, 0) is 0 Å². The minimum atomic E-state index is 0.492. The topological polar surface area (TPSA) is 37.2 Å². The van der Waals surface area contributed by atoms with Crippen LogP contribution in [0.5, 0.6) is 0 Å². The lowest BCUT2D eigenvalue weighted by Gasteiger charge is -2.33. The van der Waals surface area contributed by atoms with Crippen molar-refractivity contribution in [1.82, 2.24) is 19.4 Å². The van der Waals surface area contributed by atoms with Crippen molar-refractivity contribution in [2.24, 2.45) is 0 Å². The molecule has 0 bridgehead atoms. The van der Waals surface area contributed by atoms with E-state index in [1.807, 2.05) is 22.9 Å². The highest BCUT2D eigenvalue weighted by Crippen LogP contribution is 2.34. The number of pyridine rings is 1. The van der Waals surface area contributed by atoms with E-state index in [0.29, 0.717) is 10.0 Å². The molecule has 1 fully saturated rings. The number of fused-ring (bicyclic) bond motifs is 1. The van der Waals surface area contributed by atoms with Gasteiger partial charge in [0, 0.05) is 50.0 Å². The van der Waals surface area contributed by atoms with Crippen molar-refractivity contribution in [1.29, 1.82) is 0 Å². The molecule has 4 rings (SSSR count). The monoisotopic (exact) mass is 361 g/mol. The van der Waals surface area contributed by atoms with Crippen molar-refractivity contribution in [2.75, 3.05) is 38.1 Å². The van der Waals surface area contributed by atoms with E-state index in [2.05, 4.69) is 27.9 Å². The Bertz CT molecular complexity index is 870. The van der Waals surface area contributed by atoms with Gasteiger partial charge in [0.15, 0.2) is 0 Å². The van der Waals surface area contributed by atoms with Crippen LogP contribution in [-0.4, -0.2) is 52.7 Å². The van der Waals surface area contributed by atoms with Gasteiger partial charge in [-0.05, 0) is 19.2 Å². The van der Waals surface area contributed by atoms with Crippen LogP contribution in [0.1, 0.15) is 0 Å². The summed E-state index contributed by atoms with van der Waals surface area (Å²) in [6, 6.07) is 5.86. The van der Waals surface area contributed by atoms with Crippen molar-refractivity contribution in [3.63, 3.8) is 0 Å². The van der Waals surface area contributed by atoms with E-state index >= 15 is 0 Å². The molecule has 2 aromatic heterocycles. The largest absolute Gasteiger partial charge is 0.354 e. The van der Waals surface area contributed by atoms with E-state index in [1.165, 1.54) is 0 Å². The average Bonchev–Trinajstić information content (AvgIpc) is 3.12. The van der Waals surface area contributed by atoms with Gasteiger partial charge in [0.2, 0.25) is 0 Å². The summed E-state index contributed by atoms with van der Waals surface area (Å²) in [7, 11) is 2.14. The van der Waals surface area contributed by atoms with Crippen molar-refractivity contribution in [3.8, 4) is 5.69 Å². The third-order valence-corrected chi connectivity index (χ3v) is 5.24. The minimum absolute atomic E-state index is 0.492. The van der Waals surface area contributed by atoms with Crippen molar-refractivity contribution in [2.45, 2.75) is 0 Å². The first-order valence-corrected chi connectivity index (χ1v) is 8.59. The van der Waals surface area contributed by atoms with Gasteiger partial charge in [-0.3, -0.25) is 0 Å². The van der Waals surface area contributed by atoms with Crippen LogP contribution >= 0.6 is 23.2 Å². The molecule has 0 radical (unpaired) electrons. The molecule has 0 spiro atoms. The molecule has 1 aliphatic heterocycles.